The van der Waals surface area contributed by atoms with Gasteiger partial charge >= 0.3 is 6.09 Å². The van der Waals surface area contributed by atoms with Crippen LogP contribution in [0.3, 0.4) is 0 Å². The molecule has 1 atom stereocenters. The summed E-state index contributed by atoms with van der Waals surface area (Å²) >= 11 is 0. The number of hydrogen-bond acceptors (Lipinski definition) is 4. The number of nitrogens with two attached hydrogens (primary N) is 1. The topological polar surface area (TPSA) is 73.6 Å². The number of carbonyl (C=O) groups is 1. The first-order valence-corrected chi connectivity index (χ1v) is 5.11. The van der Waals surface area contributed by atoms with Crippen LogP contribution in [0.15, 0.2) is 0 Å². The van der Waals surface area contributed by atoms with E-state index in [4.69, 9.17) is 15.3 Å². The van der Waals surface area contributed by atoms with Gasteiger partial charge in [-0.2, -0.15) is 5.48 Å². The molecule has 5 nitrogen and oxygen atoms in total. The van der Waals surface area contributed by atoms with E-state index in [1.807, 2.05) is 13.8 Å². The highest BCUT2D eigenvalue weighted by Crippen LogP contribution is 2.07. The molecular formula is C10H22N2O3. The average Bonchev–Trinajstić information content (AvgIpc) is 2.01. The molecule has 0 spiro atoms. The second kappa shape index (κ2) is 5.92. The van der Waals surface area contributed by atoms with Crippen molar-refractivity contribution < 1.29 is 14.4 Å². The van der Waals surface area contributed by atoms with Crippen molar-refractivity contribution in [2.24, 2.45) is 11.7 Å². The molecule has 0 fully saturated rings. The van der Waals surface area contributed by atoms with E-state index in [0.717, 1.165) is 0 Å². The number of ether oxygens (including phenoxy) is 1. The van der Waals surface area contributed by atoms with Gasteiger partial charge < -0.3 is 10.5 Å². The van der Waals surface area contributed by atoms with E-state index < -0.39 is 11.7 Å². The molecule has 0 aromatic rings. The summed E-state index contributed by atoms with van der Waals surface area (Å²) in [6.07, 6.45) is -0.792. The molecule has 0 aromatic heterocycles. The van der Waals surface area contributed by atoms with E-state index in [1.165, 1.54) is 0 Å². The zero-order valence-corrected chi connectivity index (χ0v) is 10.2. The molecule has 5 heteroatoms. The molecule has 0 aromatic carbocycles. The largest absolute Gasteiger partial charge is 0.442 e. The average molecular weight is 218 g/mol. The van der Waals surface area contributed by atoms with Crippen molar-refractivity contribution in [3.05, 3.63) is 0 Å². The standard InChI is InChI=1S/C10H22N2O3/c1-7(2)8(6-11)15-12-9(13)14-10(3,4)5/h7-8H,6,11H2,1-5H3,(H,12,13)/t8-/m1/s1. The summed E-state index contributed by atoms with van der Waals surface area (Å²) in [7, 11) is 0. The third kappa shape index (κ3) is 7.16. The van der Waals surface area contributed by atoms with Gasteiger partial charge in [0.1, 0.15) is 11.7 Å². The Kier molecular flexibility index (Phi) is 5.60. The first-order valence-electron chi connectivity index (χ1n) is 5.11. The van der Waals surface area contributed by atoms with Crippen molar-refractivity contribution in [1.29, 1.82) is 0 Å². The van der Waals surface area contributed by atoms with Crippen LogP contribution in [0, 0.1) is 5.92 Å². The second-order valence-corrected chi connectivity index (χ2v) is 4.74. The smallest absolute Gasteiger partial charge is 0.431 e. The molecule has 1 amide bonds. The van der Waals surface area contributed by atoms with Gasteiger partial charge in [0.2, 0.25) is 0 Å². The summed E-state index contributed by atoms with van der Waals surface area (Å²) in [4.78, 5) is 16.3. The van der Waals surface area contributed by atoms with Crippen molar-refractivity contribution in [3.8, 4) is 0 Å². The molecule has 0 bridgehead atoms. The molecule has 90 valence electrons. The summed E-state index contributed by atoms with van der Waals surface area (Å²) in [6.45, 7) is 9.65. The van der Waals surface area contributed by atoms with Crippen LogP contribution in [0.4, 0.5) is 4.79 Å². The maximum absolute atomic E-state index is 11.2. The van der Waals surface area contributed by atoms with Gasteiger partial charge in [0.05, 0.1) is 0 Å². The lowest BCUT2D eigenvalue weighted by atomic mass is 10.1. The van der Waals surface area contributed by atoms with Gasteiger partial charge in [-0.1, -0.05) is 13.8 Å². The summed E-state index contributed by atoms with van der Waals surface area (Å²) in [5.41, 5.74) is 7.18. The van der Waals surface area contributed by atoms with Crippen LogP contribution in [0.5, 0.6) is 0 Å². The van der Waals surface area contributed by atoms with Gasteiger partial charge in [-0.25, -0.2) is 4.79 Å². The van der Waals surface area contributed by atoms with Crippen molar-refractivity contribution in [2.45, 2.75) is 46.3 Å². The summed E-state index contributed by atoms with van der Waals surface area (Å²) in [5.74, 6) is 0.241. The molecule has 0 aliphatic heterocycles. The minimum Gasteiger partial charge on any atom is -0.442 e. The molecular weight excluding hydrogens is 196 g/mol. The molecule has 15 heavy (non-hydrogen) atoms. The number of amides is 1. The fourth-order valence-electron chi connectivity index (χ4n) is 0.879. The van der Waals surface area contributed by atoms with Crippen molar-refractivity contribution >= 4 is 6.09 Å². The Labute approximate surface area is 91.3 Å². The maximum Gasteiger partial charge on any atom is 0.431 e. The molecule has 0 radical (unpaired) electrons. The van der Waals surface area contributed by atoms with Crippen LogP contribution >= 0.6 is 0 Å². The van der Waals surface area contributed by atoms with Gasteiger partial charge in [0.15, 0.2) is 0 Å². The van der Waals surface area contributed by atoms with E-state index in [0.29, 0.717) is 6.54 Å². The minimum absolute atomic E-state index is 0.197. The summed E-state index contributed by atoms with van der Waals surface area (Å²) in [6, 6.07) is 0. The first-order chi connectivity index (χ1) is 6.76. The number of hydrogen-bond donors (Lipinski definition) is 2. The highest BCUT2D eigenvalue weighted by atomic mass is 16.7. The Morgan fingerprint density at radius 3 is 2.27 bits per heavy atom. The van der Waals surface area contributed by atoms with Crippen LogP contribution in [0.25, 0.3) is 0 Å². The number of nitrogens with one attached hydrogen (secondary N) is 1. The minimum atomic E-state index is -0.596. The Morgan fingerprint density at radius 2 is 1.93 bits per heavy atom. The van der Waals surface area contributed by atoms with Crippen LogP contribution in [-0.2, 0) is 9.57 Å². The first kappa shape index (κ1) is 14.2. The molecule has 0 aliphatic rings. The van der Waals surface area contributed by atoms with E-state index in [-0.39, 0.29) is 12.0 Å². The third-order valence-electron chi connectivity index (χ3n) is 1.67. The van der Waals surface area contributed by atoms with Crippen molar-refractivity contribution in [3.63, 3.8) is 0 Å². The zero-order valence-electron chi connectivity index (χ0n) is 10.2. The lowest BCUT2D eigenvalue weighted by Crippen LogP contribution is -2.39. The lowest BCUT2D eigenvalue weighted by molar-refractivity contribution is -0.0539. The van der Waals surface area contributed by atoms with Crippen LogP contribution in [0.2, 0.25) is 0 Å². The van der Waals surface area contributed by atoms with E-state index in [9.17, 15) is 4.79 Å². The predicted molar refractivity (Wildman–Crippen MR) is 58.1 cm³/mol. The Hall–Kier alpha value is -0.810. The molecule has 0 rings (SSSR count). The summed E-state index contributed by atoms with van der Waals surface area (Å²) in [5, 5.41) is 0. The monoisotopic (exact) mass is 218 g/mol. The van der Waals surface area contributed by atoms with Gasteiger partial charge in [0, 0.05) is 6.54 Å². The van der Waals surface area contributed by atoms with Crippen LogP contribution < -0.4 is 11.2 Å². The van der Waals surface area contributed by atoms with E-state index in [1.54, 1.807) is 20.8 Å². The van der Waals surface area contributed by atoms with E-state index >= 15 is 0 Å². The van der Waals surface area contributed by atoms with E-state index in [2.05, 4.69) is 5.48 Å². The van der Waals surface area contributed by atoms with Crippen LogP contribution in [-0.4, -0.2) is 24.3 Å². The van der Waals surface area contributed by atoms with Crippen LogP contribution in [0.1, 0.15) is 34.6 Å². The molecule has 0 heterocycles. The number of rotatable bonds is 4. The maximum atomic E-state index is 11.2. The highest BCUT2D eigenvalue weighted by molar-refractivity contribution is 5.66. The molecule has 3 N–H and O–H groups in total. The molecule has 0 saturated heterocycles. The van der Waals surface area contributed by atoms with Gasteiger partial charge in [-0.15, -0.1) is 0 Å². The van der Waals surface area contributed by atoms with Gasteiger partial charge in [-0.3, -0.25) is 4.84 Å². The lowest BCUT2D eigenvalue weighted by Gasteiger charge is -2.22. The third-order valence-corrected chi connectivity index (χ3v) is 1.67. The van der Waals surface area contributed by atoms with Crippen molar-refractivity contribution in [1.82, 2.24) is 5.48 Å². The fourth-order valence-corrected chi connectivity index (χ4v) is 0.879. The quantitative estimate of drug-likeness (QED) is 0.700. The molecule has 0 saturated carbocycles. The SMILES string of the molecule is CC(C)[C@@H](CN)ONC(=O)OC(C)(C)C. The molecule has 0 unspecified atom stereocenters. The highest BCUT2D eigenvalue weighted by Gasteiger charge is 2.18. The van der Waals surface area contributed by atoms with Gasteiger partial charge in [-0.05, 0) is 26.7 Å². The zero-order chi connectivity index (χ0) is 12.1. The fraction of sp³-hybridized carbons (Fsp3) is 0.900. The number of carbonyl (C=O) groups excluding carboxylic acids is 1. The predicted octanol–water partition coefficient (Wildman–Crippen LogP) is 1.43. The second-order valence-electron chi connectivity index (χ2n) is 4.74. The summed E-state index contributed by atoms with van der Waals surface area (Å²) < 4.78 is 5.00. The normalized spacial score (nSPS) is 13.8. The Morgan fingerprint density at radius 1 is 1.40 bits per heavy atom. The Bertz CT molecular complexity index is 199. The number of hydroxylamine groups is 1. The van der Waals surface area contributed by atoms with Crippen molar-refractivity contribution in [2.75, 3.05) is 6.54 Å². The molecule has 0 aliphatic carbocycles. The van der Waals surface area contributed by atoms with Gasteiger partial charge in [0.25, 0.3) is 0 Å². The Balaban J connectivity index is 3.89.